The molecule has 0 spiro atoms. The number of carbonyl (C=O) groups excluding carboxylic acids is 1. The van der Waals surface area contributed by atoms with Crippen molar-refractivity contribution in [1.29, 1.82) is 0 Å². The monoisotopic (exact) mass is 369 g/mol. The summed E-state index contributed by atoms with van der Waals surface area (Å²) < 4.78 is 32.6. The van der Waals surface area contributed by atoms with Gasteiger partial charge in [-0.2, -0.15) is 8.42 Å². The van der Waals surface area contributed by atoms with Gasteiger partial charge in [0, 0.05) is 0 Å². The van der Waals surface area contributed by atoms with E-state index in [4.69, 9.17) is 8.92 Å². The topological polar surface area (TPSA) is 81.7 Å². The van der Waals surface area contributed by atoms with Gasteiger partial charge in [0.25, 0.3) is 10.1 Å². The fraction of sp³-hybridized carbons (Fsp3) is 0.611. The van der Waals surface area contributed by atoms with E-state index in [0.717, 1.165) is 24.7 Å². The Bertz CT molecular complexity index is 626. The molecule has 0 bridgehead atoms. The highest BCUT2D eigenvalue weighted by Crippen LogP contribution is 2.27. The van der Waals surface area contributed by atoms with Gasteiger partial charge in [0.05, 0.1) is 18.9 Å². The second-order valence-corrected chi connectivity index (χ2v) is 8.28. The van der Waals surface area contributed by atoms with Crippen molar-refractivity contribution in [1.82, 2.24) is 5.32 Å². The normalized spacial score (nSPS) is 17.0. The summed E-state index contributed by atoms with van der Waals surface area (Å²) in [6, 6.07) is 9.03. The van der Waals surface area contributed by atoms with E-state index in [1.54, 1.807) is 0 Å². The average molecular weight is 369 g/mol. The Labute approximate surface area is 150 Å². The Hall–Kier alpha value is -1.60. The highest BCUT2D eigenvalue weighted by molar-refractivity contribution is 7.85. The van der Waals surface area contributed by atoms with E-state index in [0.29, 0.717) is 12.3 Å². The first kappa shape index (κ1) is 19.7. The summed E-state index contributed by atoms with van der Waals surface area (Å²) in [7, 11) is -3.54. The summed E-state index contributed by atoms with van der Waals surface area (Å²) in [6.45, 7) is 0.117. The van der Waals surface area contributed by atoms with Gasteiger partial charge >= 0.3 is 6.09 Å². The molecule has 0 unspecified atom stereocenters. The molecule has 1 atom stereocenters. The molecule has 0 saturated heterocycles. The van der Waals surface area contributed by atoms with Gasteiger partial charge in [-0.3, -0.25) is 4.18 Å². The van der Waals surface area contributed by atoms with Crippen molar-refractivity contribution < 1.29 is 22.1 Å². The first-order valence-electron chi connectivity index (χ1n) is 8.74. The Morgan fingerprint density at radius 3 is 2.52 bits per heavy atom. The van der Waals surface area contributed by atoms with E-state index in [1.165, 1.54) is 19.3 Å². The van der Waals surface area contributed by atoms with Crippen molar-refractivity contribution in [2.24, 2.45) is 5.92 Å². The largest absolute Gasteiger partial charge is 0.445 e. The Balaban J connectivity index is 1.85. The summed E-state index contributed by atoms with van der Waals surface area (Å²) in [4.78, 5) is 12.1. The molecule has 1 fully saturated rings. The van der Waals surface area contributed by atoms with Crippen LogP contribution in [0.3, 0.4) is 0 Å². The molecule has 0 radical (unpaired) electrons. The summed E-state index contributed by atoms with van der Waals surface area (Å²) >= 11 is 0. The second-order valence-electron chi connectivity index (χ2n) is 6.63. The van der Waals surface area contributed by atoms with Gasteiger partial charge in [-0.1, -0.05) is 62.4 Å². The Kier molecular flexibility index (Phi) is 7.71. The van der Waals surface area contributed by atoms with Crippen LogP contribution in [0.1, 0.15) is 44.1 Å². The molecule has 1 amide bonds. The van der Waals surface area contributed by atoms with E-state index in [2.05, 4.69) is 5.32 Å². The highest BCUT2D eigenvalue weighted by atomic mass is 32.2. The minimum atomic E-state index is -3.54. The number of amides is 1. The smallest absolute Gasteiger partial charge is 0.407 e. The zero-order valence-electron chi connectivity index (χ0n) is 14.6. The summed E-state index contributed by atoms with van der Waals surface area (Å²) in [5.74, 6) is 0.483. The van der Waals surface area contributed by atoms with Crippen molar-refractivity contribution in [3.05, 3.63) is 35.9 Å². The van der Waals surface area contributed by atoms with Crippen LogP contribution >= 0.6 is 0 Å². The molecule has 6 nitrogen and oxygen atoms in total. The molecular formula is C18H27NO5S. The van der Waals surface area contributed by atoms with Gasteiger partial charge in [-0.05, 0) is 17.9 Å². The third-order valence-corrected chi connectivity index (χ3v) is 4.92. The molecule has 0 aromatic heterocycles. The number of nitrogens with one attached hydrogen (secondary N) is 1. The summed E-state index contributed by atoms with van der Waals surface area (Å²) in [5.41, 5.74) is 0.897. The average Bonchev–Trinajstić information content (AvgIpc) is 2.59. The fourth-order valence-corrected chi connectivity index (χ4v) is 3.54. The van der Waals surface area contributed by atoms with Crippen molar-refractivity contribution in [3.8, 4) is 0 Å². The Morgan fingerprint density at radius 1 is 1.20 bits per heavy atom. The quantitative estimate of drug-likeness (QED) is 0.712. The second kappa shape index (κ2) is 9.77. The van der Waals surface area contributed by atoms with E-state index in [9.17, 15) is 13.2 Å². The van der Waals surface area contributed by atoms with Crippen LogP contribution in [0.25, 0.3) is 0 Å². The number of benzene rings is 1. The standard InChI is InChI=1S/C18H27NO5S/c1-25(21,22)24-14-17(12-15-8-4-2-5-9-15)19-18(20)23-13-16-10-6-3-7-11-16/h3,6-7,10-11,15,17H,2,4-5,8-9,12-14H2,1H3,(H,19,20)/t17-/m0/s1. The molecule has 1 N–H and O–H groups in total. The third kappa shape index (κ3) is 8.36. The minimum Gasteiger partial charge on any atom is -0.445 e. The van der Waals surface area contributed by atoms with Crippen molar-refractivity contribution in [2.75, 3.05) is 12.9 Å². The molecule has 1 aromatic rings. The molecule has 7 heteroatoms. The predicted molar refractivity (Wildman–Crippen MR) is 95.5 cm³/mol. The zero-order valence-corrected chi connectivity index (χ0v) is 15.5. The third-order valence-electron chi connectivity index (χ3n) is 4.36. The lowest BCUT2D eigenvalue weighted by molar-refractivity contribution is 0.127. The predicted octanol–water partition coefficient (Wildman–Crippen LogP) is 3.23. The number of ether oxygens (including phenoxy) is 1. The van der Waals surface area contributed by atoms with Crippen molar-refractivity contribution in [2.45, 2.75) is 51.2 Å². The number of hydrogen-bond donors (Lipinski definition) is 1. The van der Waals surface area contributed by atoms with E-state index in [-0.39, 0.29) is 19.3 Å². The number of hydrogen-bond acceptors (Lipinski definition) is 5. The van der Waals surface area contributed by atoms with E-state index < -0.39 is 16.2 Å². The van der Waals surface area contributed by atoms with Gasteiger partial charge < -0.3 is 10.1 Å². The number of carbonyl (C=O) groups is 1. The SMILES string of the molecule is CS(=O)(=O)OC[C@H](CC1CCCCC1)NC(=O)OCc1ccccc1. The van der Waals surface area contributed by atoms with Gasteiger partial charge in [-0.15, -0.1) is 0 Å². The maximum Gasteiger partial charge on any atom is 0.407 e. The van der Waals surface area contributed by atoms with Crippen molar-refractivity contribution in [3.63, 3.8) is 0 Å². The van der Waals surface area contributed by atoms with Crippen LogP contribution in [-0.2, 0) is 25.6 Å². The molecule has 1 aliphatic carbocycles. The first-order valence-corrected chi connectivity index (χ1v) is 10.6. The van der Waals surface area contributed by atoms with Gasteiger partial charge in [0.1, 0.15) is 6.61 Å². The molecule has 140 valence electrons. The minimum absolute atomic E-state index is 0.0598. The number of alkyl carbamates (subject to hydrolysis) is 1. The molecular weight excluding hydrogens is 342 g/mol. The van der Waals surface area contributed by atoms with Gasteiger partial charge in [-0.25, -0.2) is 4.79 Å². The van der Waals surface area contributed by atoms with Crippen LogP contribution in [0.2, 0.25) is 0 Å². The molecule has 0 aliphatic heterocycles. The van der Waals surface area contributed by atoms with E-state index >= 15 is 0 Å². The van der Waals surface area contributed by atoms with Crippen molar-refractivity contribution >= 4 is 16.2 Å². The first-order chi connectivity index (χ1) is 11.9. The van der Waals surface area contributed by atoms with Crippen LogP contribution in [0, 0.1) is 5.92 Å². The lowest BCUT2D eigenvalue weighted by Crippen LogP contribution is -2.40. The molecule has 25 heavy (non-hydrogen) atoms. The number of rotatable bonds is 8. The van der Waals surface area contributed by atoms with Gasteiger partial charge in [0.2, 0.25) is 0 Å². The molecule has 1 aromatic carbocycles. The van der Waals surface area contributed by atoms with Crippen LogP contribution in [-0.4, -0.2) is 33.4 Å². The van der Waals surface area contributed by atoms with Crippen LogP contribution < -0.4 is 5.32 Å². The van der Waals surface area contributed by atoms with Crippen LogP contribution in [0.4, 0.5) is 4.79 Å². The van der Waals surface area contributed by atoms with Crippen LogP contribution in [0.15, 0.2) is 30.3 Å². The zero-order chi connectivity index (χ0) is 18.1. The van der Waals surface area contributed by atoms with Crippen LogP contribution in [0.5, 0.6) is 0 Å². The van der Waals surface area contributed by atoms with E-state index in [1.807, 2.05) is 30.3 Å². The summed E-state index contributed by atoms with van der Waals surface area (Å²) in [5, 5.41) is 2.76. The lowest BCUT2D eigenvalue weighted by atomic mass is 9.85. The highest BCUT2D eigenvalue weighted by Gasteiger charge is 2.22. The molecule has 0 heterocycles. The maximum absolute atomic E-state index is 12.1. The molecule has 1 aliphatic rings. The fourth-order valence-electron chi connectivity index (χ4n) is 3.13. The lowest BCUT2D eigenvalue weighted by Gasteiger charge is -2.26. The molecule has 1 saturated carbocycles. The maximum atomic E-state index is 12.1. The Morgan fingerprint density at radius 2 is 1.88 bits per heavy atom. The van der Waals surface area contributed by atoms with Gasteiger partial charge in [0.15, 0.2) is 0 Å². The molecule has 2 rings (SSSR count). The summed E-state index contributed by atoms with van der Waals surface area (Å²) in [6.07, 6.45) is 6.99.